The van der Waals surface area contributed by atoms with Crippen LogP contribution in [0.1, 0.15) is 128 Å². The maximum atomic E-state index is 4.21. The molecule has 35 heavy (non-hydrogen) atoms. The van der Waals surface area contributed by atoms with Crippen LogP contribution in [-0.2, 0) is 12.8 Å². The van der Waals surface area contributed by atoms with E-state index in [0.717, 1.165) is 31.6 Å². The van der Waals surface area contributed by atoms with E-state index in [2.05, 4.69) is 109 Å². The molecule has 2 aromatic rings. The van der Waals surface area contributed by atoms with Crippen molar-refractivity contribution in [3.63, 3.8) is 0 Å². The fraction of sp³-hybridized carbons (Fsp3) is 0.543. The lowest BCUT2D eigenvalue weighted by molar-refractivity contribution is 0.641. The van der Waals surface area contributed by atoms with Crippen LogP contribution in [0.5, 0.6) is 0 Å². The topological polar surface area (TPSA) is 0 Å². The van der Waals surface area contributed by atoms with Crippen molar-refractivity contribution >= 4 is 0 Å². The Balaban J connectivity index is 0.000000614. The highest BCUT2D eigenvalue weighted by atomic mass is 14.1. The molecule has 0 saturated carbocycles. The number of allylic oxidation sites excluding steroid dienone is 2. The molecule has 0 aliphatic heterocycles. The van der Waals surface area contributed by atoms with Gasteiger partial charge in [0.2, 0.25) is 0 Å². The predicted octanol–water partition coefficient (Wildman–Crippen LogP) is 11.7. The van der Waals surface area contributed by atoms with Gasteiger partial charge in [0.15, 0.2) is 0 Å². The Hall–Kier alpha value is -2.08. The van der Waals surface area contributed by atoms with E-state index in [1.54, 1.807) is 0 Å². The minimum absolute atomic E-state index is 0.724. The van der Waals surface area contributed by atoms with Gasteiger partial charge in [-0.05, 0) is 74.0 Å². The summed E-state index contributed by atoms with van der Waals surface area (Å²) in [4.78, 5) is 0. The predicted molar refractivity (Wildman–Crippen MR) is 162 cm³/mol. The summed E-state index contributed by atoms with van der Waals surface area (Å²) in [5, 5.41) is 0. The quantitative estimate of drug-likeness (QED) is 0.188. The Bertz CT molecular complexity index is 744. The number of unbranched alkanes of at least 4 members (excludes halogenated alkanes) is 3. The van der Waals surface area contributed by atoms with E-state index in [4.69, 9.17) is 0 Å². The highest BCUT2D eigenvalue weighted by molar-refractivity contribution is 5.28. The normalized spacial score (nSPS) is 10.1. The molecule has 0 N–H and O–H groups in total. The Kier molecular flexibility index (Phi) is 21.1. The molecule has 0 amide bonds. The van der Waals surface area contributed by atoms with Crippen LogP contribution in [0.3, 0.4) is 0 Å². The maximum absolute atomic E-state index is 4.21. The highest BCUT2D eigenvalue weighted by Gasteiger charge is 2.06. The lowest BCUT2D eigenvalue weighted by Crippen LogP contribution is -1.96. The monoisotopic (exact) mass is 476 g/mol. The summed E-state index contributed by atoms with van der Waals surface area (Å²) in [5.74, 6) is 0.724. The summed E-state index contributed by atoms with van der Waals surface area (Å²) in [6.45, 7) is 21.5. The first-order chi connectivity index (χ1) is 16.9. The highest BCUT2D eigenvalue weighted by Crippen LogP contribution is 2.24. The van der Waals surface area contributed by atoms with Crippen molar-refractivity contribution in [1.82, 2.24) is 0 Å². The van der Waals surface area contributed by atoms with Gasteiger partial charge in [0.05, 0.1) is 0 Å². The van der Waals surface area contributed by atoms with Gasteiger partial charge < -0.3 is 0 Å². The lowest BCUT2D eigenvalue weighted by atomic mass is 9.92. The first-order valence-electron chi connectivity index (χ1n) is 14.4. The summed E-state index contributed by atoms with van der Waals surface area (Å²) < 4.78 is 0. The van der Waals surface area contributed by atoms with Crippen LogP contribution in [0, 0.1) is 0 Å². The van der Waals surface area contributed by atoms with E-state index < -0.39 is 0 Å². The van der Waals surface area contributed by atoms with Gasteiger partial charge in [-0.2, -0.15) is 0 Å². The second kappa shape index (κ2) is 22.4. The molecule has 0 nitrogen and oxygen atoms in total. The SMILES string of the molecule is C=C(CC)CCc1ccccc1.C=C(CCCCC)Cc1ccc(C(CC)CC)cc1.CCCC. The van der Waals surface area contributed by atoms with Crippen molar-refractivity contribution in [2.45, 2.75) is 125 Å². The minimum atomic E-state index is 0.724. The van der Waals surface area contributed by atoms with Crippen molar-refractivity contribution in [3.8, 4) is 0 Å². The molecule has 0 radical (unpaired) electrons. The van der Waals surface area contributed by atoms with Crippen molar-refractivity contribution in [2.24, 2.45) is 0 Å². The molecule has 196 valence electrons. The fourth-order valence-corrected chi connectivity index (χ4v) is 3.81. The van der Waals surface area contributed by atoms with E-state index in [1.165, 1.54) is 79.2 Å². The third-order valence-electron chi connectivity index (χ3n) is 6.63. The van der Waals surface area contributed by atoms with Crippen molar-refractivity contribution in [3.05, 3.63) is 95.6 Å². The van der Waals surface area contributed by atoms with E-state index in [-0.39, 0.29) is 0 Å². The Morgan fingerprint density at radius 1 is 0.629 bits per heavy atom. The third-order valence-corrected chi connectivity index (χ3v) is 6.63. The lowest BCUT2D eigenvalue weighted by Gasteiger charge is -2.13. The molecule has 0 aromatic heterocycles. The average molecular weight is 477 g/mol. The van der Waals surface area contributed by atoms with Crippen LogP contribution in [0.25, 0.3) is 0 Å². The average Bonchev–Trinajstić information content (AvgIpc) is 2.90. The smallest absolute Gasteiger partial charge is 0.00698 e. The molecule has 2 rings (SSSR count). The molecule has 0 aliphatic rings. The largest absolute Gasteiger partial charge is 0.0999 e. The first-order valence-corrected chi connectivity index (χ1v) is 14.4. The Morgan fingerprint density at radius 3 is 1.71 bits per heavy atom. The van der Waals surface area contributed by atoms with Gasteiger partial charge in [-0.1, -0.05) is 146 Å². The van der Waals surface area contributed by atoms with E-state index in [9.17, 15) is 0 Å². The molecule has 0 aliphatic carbocycles. The summed E-state index contributed by atoms with van der Waals surface area (Å²) in [6, 6.07) is 19.8. The van der Waals surface area contributed by atoms with Gasteiger partial charge in [-0.15, -0.1) is 0 Å². The molecule has 0 spiro atoms. The number of benzene rings is 2. The van der Waals surface area contributed by atoms with Crippen molar-refractivity contribution in [1.29, 1.82) is 0 Å². The van der Waals surface area contributed by atoms with Crippen molar-refractivity contribution in [2.75, 3.05) is 0 Å². The number of hydrogen-bond donors (Lipinski definition) is 0. The summed E-state index contributed by atoms with van der Waals surface area (Å²) >= 11 is 0. The molecular weight excluding hydrogens is 420 g/mol. The molecule has 0 heterocycles. The molecule has 0 fully saturated rings. The number of aryl methyl sites for hydroxylation is 1. The summed E-state index contributed by atoms with van der Waals surface area (Å²) in [5.41, 5.74) is 7.04. The van der Waals surface area contributed by atoms with Crippen LogP contribution in [0.2, 0.25) is 0 Å². The summed E-state index contributed by atoms with van der Waals surface area (Å²) in [6.07, 6.45) is 14.6. The van der Waals surface area contributed by atoms with Gasteiger partial charge in [0.1, 0.15) is 0 Å². The second-order valence-electron chi connectivity index (χ2n) is 9.73. The van der Waals surface area contributed by atoms with Gasteiger partial charge in [-0.25, -0.2) is 0 Å². The summed E-state index contributed by atoms with van der Waals surface area (Å²) in [7, 11) is 0. The fourth-order valence-electron chi connectivity index (χ4n) is 3.81. The minimum Gasteiger partial charge on any atom is -0.0999 e. The molecule has 2 aromatic carbocycles. The van der Waals surface area contributed by atoms with Gasteiger partial charge in [0.25, 0.3) is 0 Å². The van der Waals surface area contributed by atoms with Crippen LogP contribution in [0.4, 0.5) is 0 Å². The molecule has 0 saturated heterocycles. The zero-order valence-electron chi connectivity index (χ0n) is 24.2. The van der Waals surface area contributed by atoms with E-state index in [0.29, 0.717) is 0 Å². The first kappa shape index (κ1) is 32.9. The van der Waals surface area contributed by atoms with Crippen LogP contribution in [-0.4, -0.2) is 0 Å². The van der Waals surface area contributed by atoms with Crippen LogP contribution < -0.4 is 0 Å². The standard InChI is InChI=1S/C19H30.C12H16.C4H10/c1-5-8-9-10-16(4)15-17-11-13-19(14-12-17)18(6-2)7-3;1-3-11(2)9-10-12-7-5-4-6-8-12;1-3-4-2/h11-14,18H,4-10,15H2,1-3H3;4-8H,2-3,9-10H2,1H3;3-4H2,1-2H3. The molecule has 0 bridgehead atoms. The van der Waals surface area contributed by atoms with Gasteiger partial charge >= 0.3 is 0 Å². The van der Waals surface area contributed by atoms with Crippen LogP contribution >= 0.6 is 0 Å². The second-order valence-corrected chi connectivity index (χ2v) is 9.73. The van der Waals surface area contributed by atoms with E-state index >= 15 is 0 Å². The number of rotatable bonds is 14. The molecule has 0 unspecified atom stereocenters. The van der Waals surface area contributed by atoms with Gasteiger partial charge in [0, 0.05) is 0 Å². The zero-order chi connectivity index (χ0) is 26.3. The Morgan fingerprint density at radius 2 is 1.23 bits per heavy atom. The molecular formula is C35H56. The maximum Gasteiger partial charge on any atom is -0.00698 e. The van der Waals surface area contributed by atoms with Crippen LogP contribution in [0.15, 0.2) is 78.9 Å². The Labute approximate surface area is 220 Å². The molecule has 0 atom stereocenters. The third kappa shape index (κ3) is 17.1. The zero-order valence-corrected chi connectivity index (χ0v) is 24.2. The molecule has 0 heteroatoms. The number of hydrogen-bond acceptors (Lipinski definition) is 0. The van der Waals surface area contributed by atoms with E-state index in [1.807, 2.05) is 0 Å². The van der Waals surface area contributed by atoms with Crippen molar-refractivity contribution < 1.29 is 0 Å². The van der Waals surface area contributed by atoms with Gasteiger partial charge in [-0.3, -0.25) is 0 Å².